The number of carbonyl (C=O) groups is 1. The summed E-state index contributed by atoms with van der Waals surface area (Å²) in [5, 5.41) is 10.3. The first kappa shape index (κ1) is 26.9. The summed E-state index contributed by atoms with van der Waals surface area (Å²) < 4.78 is 13.5. The number of esters is 1. The second kappa shape index (κ2) is 11.1. The van der Waals surface area contributed by atoms with Crippen LogP contribution in [0.1, 0.15) is 37.9 Å². The minimum Gasteiger partial charge on any atom is -0.504 e. The van der Waals surface area contributed by atoms with E-state index in [1.807, 2.05) is 72.8 Å². The van der Waals surface area contributed by atoms with Gasteiger partial charge in [0.2, 0.25) is 0 Å². The number of halogens is 1. The molecular weight excluding hydrogens is 605 g/mol. The van der Waals surface area contributed by atoms with E-state index in [-0.39, 0.29) is 17.9 Å². The largest absolute Gasteiger partial charge is 0.504 e. The molecule has 8 nitrogen and oxygen atoms in total. The Morgan fingerprint density at radius 3 is 2.54 bits per heavy atom. The van der Waals surface area contributed by atoms with Gasteiger partial charge in [0.05, 0.1) is 38.6 Å². The molecule has 3 aromatic rings. The first-order valence-electron chi connectivity index (χ1n) is 11.8. The van der Waals surface area contributed by atoms with Gasteiger partial charge in [-0.3, -0.25) is 9.36 Å². The van der Waals surface area contributed by atoms with Crippen molar-refractivity contribution in [2.75, 3.05) is 32.2 Å². The molecule has 0 saturated carbocycles. The third-order valence-corrected chi connectivity index (χ3v) is 7.70. The molecule has 1 atom stereocenters. The lowest BCUT2D eigenvalue weighted by Crippen LogP contribution is -2.39. The molecule has 10 heteroatoms. The molecule has 0 spiro atoms. The van der Waals surface area contributed by atoms with Crippen molar-refractivity contribution in [1.29, 1.82) is 0 Å². The first-order chi connectivity index (χ1) is 17.7. The van der Waals surface area contributed by atoms with E-state index < -0.39 is 12.0 Å². The van der Waals surface area contributed by atoms with E-state index in [1.165, 1.54) is 11.3 Å². The SMILES string of the molecule is CCOC(=O)C1=C(C)N=c2s/c(=C/c3cc(I)c(O)c(OCC)c3)c(=O)n2[C@@H]1c1ccc(N(C)C)cc1. The number of benzene rings is 2. The summed E-state index contributed by atoms with van der Waals surface area (Å²) in [5.41, 5.74) is 3.10. The number of nitrogens with zero attached hydrogens (tertiary/aromatic N) is 3. The van der Waals surface area contributed by atoms with Crippen LogP contribution in [0.5, 0.6) is 11.5 Å². The summed E-state index contributed by atoms with van der Waals surface area (Å²) in [6.45, 7) is 5.97. The lowest BCUT2D eigenvalue weighted by Gasteiger charge is -2.25. The molecule has 0 amide bonds. The summed E-state index contributed by atoms with van der Waals surface area (Å²) in [7, 11) is 3.90. The maximum absolute atomic E-state index is 13.8. The number of carbonyl (C=O) groups excluding carboxylic acids is 1. The highest BCUT2D eigenvalue weighted by molar-refractivity contribution is 14.1. The summed E-state index contributed by atoms with van der Waals surface area (Å²) in [4.78, 5) is 33.9. The number of ether oxygens (including phenoxy) is 2. The van der Waals surface area contributed by atoms with Crippen LogP contribution in [0.4, 0.5) is 5.69 Å². The van der Waals surface area contributed by atoms with Crippen molar-refractivity contribution in [2.24, 2.45) is 4.99 Å². The van der Waals surface area contributed by atoms with E-state index in [4.69, 9.17) is 9.47 Å². The quantitative estimate of drug-likeness (QED) is 0.316. The molecule has 0 saturated heterocycles. The zero-order valence-electron chi connectivity index (χ0n) is 21.2. The van der Waals surface area contributed by atoms with E-state index in [9.17, 15) is 14.7 Å². The molecule has 0 unspecified atom stereocenters. The van der Waals surface area contributed by atoms with E-state index in [2.05, 4.69) is 4.99 Å². The molecule has 4 rings (SSSR count). The molecule has 194 valence electrons. The second-order valence-electron chi connectivity index (χ2n) is 8.57. The Kier molecular flexibility index (Phi) is 8.08. The predicted octanol–water partition coefficient (Wildman–Crippen LogP) is 3.57. The van der Waals surface area contributed by atoms with Crippen molar-refractivity contribution in [1.82, 2.24) is 4.57 Å². The zero-order valence-corrected chi connectivity index (χ0v) is 24.2. The number of fused-ring (bicyclic) bond motifs is 1. The molecule has 1 aliphatic heterocycles. The van der Waals surface area contributed by atoms with Gasteiger partial charge in [-0.2, -0.15) is 0 Å². The number of aromatic nitrogens is 1. The minimum atomic E-state index is -0.674. The van der Waals surface area contributed by atoms with Crippen LogP contribution in [0, 0.1) is 3.57 Å². The molecule has 1 N–H and O–H groups in total. The molecular formula is C27H28IN3O5S. The average molecular weight is 634 g/mol. The summed E-state index contributed by atoms with van der Waals surface area (Å²) in [5.74, 6) is -0.0705. The monoisotopic (exact) mass is 633 g/mol. The fourth-order valence-corrected chi connectivity index (χ4v) is 5.83. The van der Waals surface area contributed by atoms with Gasteiger partial charge in [0.1, 0.15) is 0 Å². The van der Waals surface area contributed by atoms with Gasteiger partial charge in [0.15, 0.2) is 16.3 Å². The maximum Gasteiger partial charge on any atom is 0.338 e. The highest BCUT2D eigenvalue weighted by atomic mass is 127. The van der Waals surface area contributed by atoms with Gasteiger partial charge in [0.25, 0.3) is 5.56 Å². The third kappa shape index (κ3) is 5.30. The zero-order chi connectivity index (χ0) is 26.9. The molecule has 2 heterocycles. The Morgan fingerprint density at radius 1 is 1.22 bits per heavy atom. The van der Waals surface area contributed by atoms with Gasteiger partial charge < -0.3 is 19.5 Å². The number of anilines is 1. The smallest absolute Gasteiger partial charge is 0.338 e. The van der Waals surface area contributed by atoms with Crippen LogP contribution in [-0.2, 0) is 9.53 Å². The number of rotatable bonds is 7. The summed E-state index contributed by atoms with van der Waals surface area (Å²) in [6, 6.07) is 10.6. The minimum absolute atomic E-state index is 0.0666. The van der Waals surface area contributed by atoms with Crippen molar-refractivity contribution in [3.8, 4) is 11.5 Å². The highest BCUT2D eigenvalue weighted by Crippen LogP contribution is 2.34. The van der Waals surface area contributed by atoms with Crippen LogP contribution in [0.3, 0.4) is 0 Å². The lowest BCUT2D eigenvalue weighted by atomic mass is 9.95. The Bertz CT molecular complexity index is 1550. The van der Waals surface area contributed by atoms with Crippen LogP contribution < -0.4 is 24.5 Å². The van der Waals surface area contributed by atoms with Crippen LogP contribution in [0.15, 0.2) is 57.5 Å². The molecule has 0 bridgehead atoms. The Morgan fingerprint density at radius 2 is 1.92 bits per heavy atom. The van der Waals surface area contributed by atoms with Crippen LogP contribution in [0.25, 0.3) is 6.08 Å². The van der Waals surface area contributed by atoms with Crippen molar-refractivity contribution in [3.05, 3.63) is 82.1 Å². The second-order valence-corrected chi connectivity index (χ2v) is 10.7. The topological polar surface area (TPSA) is 93.4 Å². The van der Waals surface area contributed by atoms with Crippen LogP contribution in [0.2, 0.25) is 0 Å². The first-order valence-corrected chi connectivity index (χ1v) is 13.7. The van der Waals surface area contributed by atoms with E-state index >= 15 is 0 Å². The van der Waals surface area contributed by atoms with Gasteiger partial charge in [-0.05, 0) is 84.8 Å². The molecule has 0 fully saturated rings. The van der Waals surface area contributed by atoms with Crippen LogP contribution in [-0.4, -0.2) is 43.0 Å². The molecule has 0 aliphatic carbocycles. The normalized spacial score (nSPS) is 15.3. The predicted molar refractivity (Wildman–Crippen MR) is 153 cm³/mol. The standard InChI is InChI=1S/C27H28IN3O5S/c1-6-35-20-13-16(12-19(28)24(20)32)14-21-25(33)31-23(17-8-10-18(11-9-17)30(4)5)22(26(34)36-7-2)15(3)29-27(31)37-21/h8-14,23,32H,6-7H2,1-5H3/b21-14+/t23-/m1/s1. The van der Waals surface area contributed by atoms with Gasteiger partial charge in [-0.1, -0.05) is 23.5 Å². The van der Waals surface area contributed by atoms with Crippen molar-refractivity contribution in [2.45, 2.75) is 26.8 Å². The fraction of sp³-hybridized carbons (Fsp3) is 0.296. The van der Waals surface area contributed by atoms with Gasteiger partial charge in [-0.15, -0.1) is 0 Å². The number of aromatic hydroxyl groups is 1. The molecule has 1 aromatic heterocycles. The fourth-order valence-electron chi connectivity index (χ4n) is 4.16. The van der Waals surface area contributed by atoms with Crippen molar-refractivity contribution in [3.63, 3.8) is 0 Å². The third-order valence-electron chi connectivity index (χ3n) is 5.89. The molecule has 37 heavy (non-hydrogen) atoms. The Balaban J connectivity index is 1.92. The molecule has 0 radical (unpaired) electrons. The number of hydrogen-bond donors (Lipinski definition) is 1. The van der Waals surface area contributed by atoms with Gasteiger partial charge in [-0.25, -0.2) is 9.79 Å². The maximum atomic E-state index is 13.8. The number of phenolic OH excluding ortho intramolecular Hbond substituents is 1. The Labute approximate surface area is 232 Å². The number of phenols is 1. The van der Waals surface area contributed by atoms with Crippen molar-refractivity contribution >= 4 is 51.7 Å². The van der Waals surface area contributed by atoms with Crippen LogP contribution >= 0.6 is 33.9 Å². The average Bonchev–Trinajstić information content (AvgIpc) is 3.15. The summed E-state index contributed by atoms with van der Waals surface area (Å²) >= 11 is 3.28. The van der Waals surface area contributed by atoms with E-state index in [0.29, 0.717) is 42.1 Å². The van der Waals surface area contributed by atoms with E-state index in [1.54, 1.807) is 36.6 Å². The highest BCUT2D eigenvalue weighted by Gasteiger charge is 2.33. The molecule has 2 aromatic carbocycles. The Hall–Kier alpha value is -3.12. The van der Waals surface area contributed by atoms with Gasteiger partial charge >= 0.3 is 5.97 Å². The number of hydrogen-bond acceptors (Lipinski definition) is 8. The van der Waals surface area contributed by atoms with Crippen molar-refractivity contribution < 1.29 is 19.4 Å². The van der Waals surface area contributed by atoms with E-state index in [0.717, 1.165) is 11.3 Å². The van der Waals surface area contributed by atoms with Gasteiger partial charge in [0, 0.05) is 19.8 Å². The number of thiazole rings is 1. The summed E-state index contributed by atoms with van der Waals surface area (Å²) in [6.07, 6.45) is 1.75. The lowest BCUT2D eigenvalue weighted by molar-refractivity contribution is -0.139. The molecule has 1 aliphatic rings. The number of allylic oxidation sites excluding steroid dienone is 1.